The Bertz CT molecular complexity index is 1970. The normalized spacial score (nSPS) is 20.5. The van der Waals surface area contributed by atoms with Crippen molar-refractivity contribution in [2.45, 2.75) is 111 Å². The molecule has 54 heavy (non-hydrogen) atoms. The molecule has 9 nitrogen and oxygen atoms in total. The number of amides is 2. The highest BCUT2D eigenvalue weighted by Crippen LogP contribution is 2.35. The number of hydrogen-bond acceptors (Lipinski definition) is 5. The minimum absolute atomic E-state index is 0.200. The number of carbonyl (C=O) groups is 2. The summed E-state index contributed by atoms with van der Waals surface area (Å²) in [7, 11) is 0. The van der Waals surface area contributed by atoms with E-state index in [2.05, 4.69) is 82.3 Å². The van der Waals surface area contributed by atoms with Crippen LogP contribution in [0.5, 0.6) is 0 Å². The molecular formula is C45H62N6O3. The minimum atomic E-state index is 0.200. The number of hydrogen-bond donors (Lipinski definition) is 1. The number of fused-ring (bicyclic) bond motifs is 6. The number of aromatic nitrogens is 2. The predicted molar refractivity (Wildman–Crippen MR) is 217 cm³/mol. The highest BCUT2D eigenvalue weighted by molar-refractivity contribution is 6.00. The van der Waals surface area contributed by atoms with Crippen LogP contribution >= 0.6 is 0 Å². The first-order valence-corrected chi connectivity index (χ1v) is 21.2. The zero-order valence-corrected chi connectivity index (χ0v) is 33.3. The molecule has 0 aliphatic carbocycles. The van der Waals surface area contributed by atoms with E-state index >= 15 is 0 Å². The van der Waals surface area contributed by atoms with Crippen LogP contribution in [0.3, 0.4) is 0 Å². The van der Waals surface area contributed by atoms with E-state index in [1.54, 1.807) is 0 Å². The zero-order chi connectivity index (χ0) is 37.3. The highest BCUT2D eigenvalue weighted by atomic mass is 16.5. The Morgan fingerprint density at radius 1 is 0.685 bits per heavy atom. The molecule has 1 N–H and O–H groups in total. The van der Waals surface area contributed by atoms with Crippen molar-refractivity contribution in [2.75, 3.05) is 52.5 Å². The average molecular weight is 735 g/mol. The van der Waals surface area contributed by atoms with Crippen LogP contribution in [-0.4, -0.2) is 94.2 Å². The van der Waals surface area contributed by atoms with E-state index < -0.39 is 0 Å². The van der Waals surface area contributed by atoms with Crippen molar-refractivity contribution in [3.05, 3.63) is 70.0 Å². The average Bonchev–Trinajstić information content (AvgIpc) is 3.72. The molecule has 2 aromatic heterocycles. The maximum atomic E-state index is 13.2. The molecule has 0 spiro atoms. The number of aryl methyl sites for hydroxylation is 2. The molecule has 2 aromatic carbocycles. The second-order valence-corrected chi connectivity index (χ2v) is 16.7. The van der Waals surface area contributed by atoms with Gasteiger partial charge in [-0.25, -0.2) is 0 Å². The monoisotopic (exact) mass is 734 g/mol. The Balaban J connectivity index is 0.000000157. The Labute approximate surface area is 322 Å². The summed E-state index contributed by atoms with van der Waals surface area (Å²) in [5.41, 5.74) is 10.0. The van der Waals surface area contributed by atoms with Gasteiger partial charge in [0.25, 0.3) is 11.8 Å². The van der Waals surface area contributed by atoms with Gasteiger partial charge in [-0.1, -0.05) is 13.8 Å². The molecule has 2 amide bonds. The van der Waals surface area contributed by atoms with E-state index in [0.717, 1.165) is 153 Å². The van der Waals surface area contributed by atoms with Gasteiger partial charge in [0.05, 0.1) is 0 Å². The molecule has 0 unspecified atom stereocenters. The summed E-state index contributed by atoms with van der Waals surface area (Å²) in [6.45, 7) is 20.4. The molecule has 7 heterocycles. The second kappa shape index (κ2) is 16.2. The number of ether oxygens (including phenoxy) is 1. The molecule has 0 atom stereocenters. The van der Waals surface area contributed by atoms with E-state index in [1.165, 1.54) is 44.3 Å². The maximum Gasteiger partial charge on any atom is 0.253 e. The van der Waals surface area contributed by atoms with E-state index in [1.807, 2.05) is 11.0 Å². The number of carbonyl (C=O) groups excluding carboxylic acids is 2. The van der Waals surface area contributed by atoms with Crippen LogP contribution in [0.15, 0.2) is 36.4 Å². The van der Waals surface area contributed by atoms with Gasteiger partial charge in [0.1, 0.15) is 0 Å². The zero-order valence-electron chi connectivity index (χ0n) is 33.3. The number of rotatable bonds is 5. The number of benzene rings is 2. The van der Waals surface area contributed by atoms with Gasteiger partial charge in [0.2, 0.25) is 0 Å². The molecule has 5 aliphatic rings. The Morgan fingerprint density at radius 3 is 1.74 bits per heavy atom. The van der Waals surface area contributed by atoms with E-state index in [4.69, 9.17) is 4.74 Å². The predicted octanol–water partition coefficient (Wildman–Crippen LogP) is 7.25. The Morgan fingerprint density at radius 2 is 1.20 bits per heavy atom. The first kappa shape index (κ1) is 37.3. The van der Waals surface area contributed by atoms with Gasteiger partial charge in [0, 0.05) is 142 Å². The van der Waals surface area contributed by atoms with Gasteiger partial charge < -0.3 is 29.0 Å². The quantitative estimate of drug-likeness (QED) is 0.234. The van der Waals surface area contributed by atoms with Crippen LogP contribution in [0, 0.1) is 11.8 Å². The number of nitrogens with zero attached hydrogens (tertiary/aromatic N) is 5. The highest BCUT2D eigenvalue weighted by Gasteiger charge is 2.30. The molecule has 9 heteroatoms. The lowest BCUT2D eigenvalue weighted by Gasteiger charge is -2.37. The van der Waals surface area contributed by atoms with Crippen molar-refractivity contribution >= 4 is 33.6 Å². The third-order valence-corrected chi connectivity index (χ3v) is 13.4. The Hall–Kier alpha value is -3.66. The van der Waals surface area contributed by atoms with E-state index in [-0.39, 0.29) is 11.8 Å². The van der Waals surface area contributed by atoms with Gasteiger partial charge in [0.15, 0.2) is 0 Å². The molecule has 3 fully saturated rings. The fourth-order valence-corrected chi connectivity index (χ4v) is 9.99. The fourth-order valence-electron chi connectivity index (χ4n) is 9.99. The third kappa shape index (κ3) is 7.24. The SMILES string of the molecule is CCn1c2c(c3cc(C(=O)N4CCC(C)CC4)ccc31)CN(C1CCOCC1)CC2.CCn1c2c(c3cc(C(=O)N4CCC(C)CC4)ccc31)CNCC2. The van der Waals surface area contributed by atoms with Gasteiger partial charge in [-0.3, -0.25) is 14.5 Å². The second-order valence-electron chi connectivity index (χ2n) is 16.7. The Kier molecular flexibility index (Phi) is 11.2. The van der Waals surface area contributed by atoms with Crippen LogP contribution < -0.4 is 5.32 Å². The van der Waals surface area contributed by atoms with Gasteiger partial charge in [-0.2, -0.15) is 0 Å². The lowest BCUT2D eigenvalue weighted by atomic mass is 9.97. The lowest BCUT2D eigenvalue weighted by Crippen LogP contribution is -2.42. The van der Waals surface area contributed by atoms with Crippen molar-refractivity contribution in [3.8, 4) is 0 Å². The molecule has 0 saturated carbocycles. The summed E-state index contributed by atoms with van der Waals surface area (Å²) in [5.74, 6) is 1.89. The van der Waals surface area contributed by atoms with Crippen LogP contribution in [0.4, 0.5) is 0 Å². The molecule has 4 aromatic rings. The maximum absolute atomic E-state index is 13.2. The summed E-state index contributed by atoms with van der Waals surface area (Å²) in [4.78, 5) is 32.8. The number of piperidine rings is 2. The standard InChI is InChI=1S/C25H35N3O2.C20H27N3O/c1-3-28-23-5-4-19(25(29)26-11-6-18(2)7-12-26)16-21(23)22-17-27(13-8-24(22)28)20-9-14-30-15-10-20;1-3-23-18-5-4-15(20(24)22-10-7-14(2)8-11-22)12-16(18)17-13-21-9-6-19(17)23/h4-5,16,18,20H,3,6-15,17H2,1-2H3;4-5,12,14,21H,3,6-11,13H2,1-2H3. The van der Waals surface area contributed by atoms with E-state index in [9.17, 15) is 9.59 Å². The van der Waals surface area contributed by atoms with Gasteiger partial charge in [-0.05, 0) is 112 Å². The van der Waals surface area contributed by atoms with Crippen molar-refractivity contribution < 1.29 is 14.3 Å². The summed E-state index contributed by atoms with van der Waals surface area (Å²) in [6.07, 6.45) is 8.94. The van der Waals surface area contributed by atoms with Crippen LogP contribution in [0.25, 0.3) is 21.8 Å². The van der Waals surface area contributed by atoms with E-state index in [0.29, 0.717) is 6.04 Å². The van der Waals surface area contributed by atoms with Crippen molar-refractivity contribution in [2.24, 2.45) is 11.8 Å². The minimum Gasteiger partial charge on any atom is -0.381 e. The third-order valence-electron chi connectivity index (χ3n) is 13.4. The smallest absolute Gasteiger partial charge is 0.253 e. The molecular weight excluding hydrogens is 673 g/mol. The fraction of sp³-hybridized carbons (Fsp3) is 0.600. The van der Waals surface area contributed by atoms with Crippen LogP contribution in [-0.2, 0) is 43.8 Å². The molecule has 290 valence electrons. The first-order valence-electron chi connectivity index (χ1n) is 21.2. The molecule has 3 saturated heterocycles. The van der Waals surface area contributed by atoms with Crippen molar-refractivity contribution in [1.29, 1.82) is 0 Å². The van der Waals surface area contributed by atoms with Crippen molar-refractivity contribution in [1.82, 2.24) is 29.2 Å². The summed E-state index contributed by atoms with van der Waals surface area (Å²) < 4.78 is 10.5. The lowest BCUT2D eigenvalue weighted by molar-refractivity contribution is 0.0289. The van der Waals surface area contributed by atoms with Crippen molar-refractivity contribution in [3.63, 3.8) is 0 Å². The van der Waals surface area contributed by atoms with Gasteiger partial charge >= 0.3 is 0 Å². The summed E-state index contributed by atoms with van der Waals surface area (Å²) in [5, 5.41) is 6.03. The topological polar surface area (TPSA) is 75.0 Å². The van der Waals surface area contributed by atoms with Crippen LogP contribution in [0.1, 0.15) is 109 Å². The number of nitrogens with one attached hydrogen (secondary N) is 1. The summed E-state index contributed by atoms with van der Waals surface area (Å²) in [6, 6.07) is 13.4. The first-order chi connectivity index (χ1) is 26.3. The largest absolute Gasteiger partial charge is 0.381 e. The molecule has 9 rings (SSSR count). The van der Waals surface area contributed by atoms with Crippen LogP contribution in [0.2, 0.25) is 0 Å². The molecule has 0 radical (unpaired) electrons. The summed E-state index contributed by atoms with van der Waals surface area (Å²) >= 11 is 0. The molecule has 5 aliphatic heterocycles. The number of likely N-dealkylation sites (tertiary alicyclic amines) is 2. The van der Waals surface area contributed by atoms with Gasteiger partial charge in [-0.15, -0.1) is 0 Å². The molecule has 0 bridgehead atoms.